The number of ether oxygens (including phenoxy) is 1. The molecule has 0 aliphatic carbocycles. The first-order valence-electron chi connectivity index (χ1n) is 4.92. The molecule has 2 N–H and O–H groups in total. The summed E-state index contributed by atoms with van der Waals surface area (Å²) in [5, 5.41) is 9.31. The van der Waals surface area contributed by atoms with Gasteiger partial charge in [-0.2, -0.15) is 5.26 Å². The van der Waals surface area contributed by atoms with Crippen molar-refractivity contribution < 1.29 is 4.74 Å². The Morgan fingerprint density at radius 3 is 2.65 bits per heavy atom. The van der Waals surface area contributed by atoms with E-state index in [9.17, 15) is 0 Å². The number of halogens is 1. The van der Waals surface area contributed by atoms with Crippen LogP contribution in [0.4, 0.5) is 5.69 Å². The van der Waals surface area contributed by atoms with Crippen molar-refractivity contribution in [2.45, 2.75) is 0 Å². The van der Waals surface area contributed by atoms with Crippen LogP contribution in [0.25, 0.3) is 0 Å². The highest BCUT2D eigenvalue weighted by molar-refractivity contribution is 6.30. The van der Waals surface area contributed by atoms with Gasteiger partial charge in [0.15, 0.2) is 0 Å². The van der Waals surface area contributed by atoms with Gasteiger partial charge >= 0.3 is 0 Å². The van der Waals surface area contributed by atoms with Crippen molar-refractivity contribution in [3.8, 4) is 17.6 Å². The summed E-state index contributed by atoms with van der Waals surface area (Å²) in [4.78, 5) is 0. The van der Waals surface area contributed by atoms with Crippen LogP contribution in [0.15, 0.2) is 42.5 Å². The molecule has 0 saturated carbocycles. The minimum atomic E-state index is 0.420. The van der Waals surface area contributed by atoms with E-state index in [4.69, 9.17) is 27.3 Å². The Bertz CT molecular complexity index is 590. The molecule has 2 aromatic carbocycles. The maximum atomic E-state index is 8.72. The van der Waals surface area contributed by atoms with E-state index in [1.54, 1.807) is 42.5 Å². The second kappa shape index (κ2) is 4.77. The van der Waals surface area contributed by atoms with Gasteiger partial charge in [-0.3, -0.25) is 0 Å². The molecule has 0 radical (unpaired) electrons. The first-order chi connectivity index (χ1) is 8.19. The molecule has 17 heavy (non-hydrogen) atoms. The molecule has 0 aliphatic heterocycles. The predicted octanol–water partition coefficient (Wildman–Crippen LogP) is 3.59. The summed E-state index contributed by atoms with van der Waals surface area (Å²) >= 11 is 5.84. The van der Waals surface area contributed by atoms with Crippen LogP contribution in [0.1, 0.15) is 5.56 Å². The summed E-state index contributed by atoms with van der Waals surface area (Å²) in [5.41, 5.74) is 6.70. The highest BCUT2D eigenvalue weighted by Gasteiger charge is 2.03. The van der Waals surface area contributed by atoms with Gasteiger partial charge in [-0.1, -0.05) is 17.7 Å². The molecule has 3 nitrogen and oxygen atoms in total. The van der Waals surface area contributed by atoms with E-state index in [0.717, 1.165) is 0 Å². The smallest absolute Gasteiger partial charge is 0.150 e. The summed E-state index contributed by atoms with van der Waals surface area (Å²) in [6, 6.07) is 13.9. The Labute approximate surface area is 104 Å². The molecule has 0 amide bonds. The fourth-order valence-electron chi connectivity index (χ4n) is 1.37. The highest BCUT2D eigenvalue weighted by atomic mass is 35.5. The van der Waals surface area contributed by atoms with Gasteiger partial charge in [-0.25, -0.2) is 0 Å². The van der Waals surface area contributed by atoms with Gasteiger partial charge in [0.05, 0.1) is 17.3 Å². The minimum Gasteiger partial charge on any atom is -0.455 e. The van der Waals surface area contributed by atoms with Crippen LogP contribution in [0.2, 0.25) is 5.02 Å². The van der Waals surface area contributed by atoms with Gasteiger partial charge in [0, 0.05) is 5.02 Å². The number of rotatable bonds is 2. The average molecular weight is 245 g/mol. The average Bonchev–Trinajstić information content (AvgIpc) is 2.32. The lowest BCUT2D eigenvalue weighted by Crippen LogP contribution is -1.92. The monoisotopic (exact) mass is 244 g/mol. The zero-order valence-corrected chi connectivity index (χ0v) is 9.61. The molecule has 4 heteroatoms. The van der Waals surface area contributed by atoms with Crippen molar-refractivity contribution in [1.82, 2.24) is 0 Å². The summed E-state index contributed by atoms with van der Waals surface area (Å²) in [5.74, 6) is 1.11. The lowest BCUT2D eigenvalue weighted by molar-refractivity contribution is 0.485. The Morgan fingerprint density at radius 2 is 2.00 bits per heavy atom. The van der Waals surface area contributed by atoms with Crippen molar-refractivity contribution in [2.75, 3.05) is 5.73 Å². The topological polar surface area (TPSA) is 59.0 Å². The van der Waals surface area contributed by atoms with Gasteiger partial charge < -0.3 is 10.5 Å². The number of anilines is 1. The number of hydrogen-bond acceptors (Lipinski definition) is 3. The van der Waals surface area contributed by atoms with Crippen molar-refractivity contribution in [3.05, 3.63) is 53.1 Å². The molecular formula is C13H9ClN2O. The third-order valence-corrected chi connectivity index (χ3v) is 2.40. The number of hydrogen-bond donors (Lipinski definition) is 1. The van der Waals surface area contributed by atoms with E-state index in [-0.39, 0.29) is 0 Å². The van der Waals surface area contributed by atoms with Crippen LogP contribution in [0, 0.1) is 11.3 Å². The van der Waals surface area contributed by atoms with Gasteiger partial charge in [-0.05, 0) is 36.4 Å². The van der Waals surface area contributed by atoms with E-state index in [1.807, 2.05) is 6.07 Å². The molecule has 0 unspecified atom stereocenters. The van der Waals surface area contributed by atoms with E-state index in [0.29, 0.717) is 27.8 Å². The second-order valence-corrected chi connectivity index (χ2v) is 3.86. The molecule has 0 atom stereocenters. The summed E-state index contributed by atoms with van der Waals surface area (Å²) < 4.78 is 5.57. The van der Waals surface area contributed by atoms with E-state index in [2.05, 4.69) is 0 Å². The summed E-state index contributed by atoms with van der Waals surface area (Å²) in [6.45, 7) is 0. The largest absolute Gasteiger partial charge is 0.455 e. The number of nitriles is 1. The fraction of sp³-hybridized carbons (Fsp3) is 0. The molecule has 0 heterocycles. The van der Waals surface area contributed by atoms with Gasteiger partial charge in [0.25, 0.3) is 0 Å². The molecular weight excluding hydrogens is 236 g/mol. The number of nitrogens with two attached hydrogens (primary N) is 1. The number of nitrogens with zero attached hydrogens (tertiary/aromatic N) is 1. The van der Waals surface area contributed by atoms with Gasteiger partial charge in [0.1, 0.15) is 11.5 Å². The molecule has 2 rings (SSSR count). The molecule has 2 aromatic rings. The van der Waals surface area contributed by atoms with Crippen LogP contribution in [-0.4, -0.2) is 0 Å². The molecule has 0 bridgehead atoms. The Morgan fingerprint density at radius 1 is 1.18 bits per heavy atom. The molecule has 0 aromatic heterocycles. The first-order valence-corrected chi connectivity index (χ1v) is 5.30. The molecule has 0 spiro atoms. The Hall–Kier alpha value is -2.18. The third kappa shape index (κ3) is 2.68. The Kier molecular flexibility index (Phi) is 3.17. The third-order valence-electron chi connectivity index (χ3n) is 2.16. The maximum absolute atomic E-state index is 8.72. The Balaban J connectivity index is 2.28. The summed E-state index contributed by atoms with van der Waals surface area (Å²) in [6.07, 6.45) is 0. The fourth-order valence-corrected chi connectivity index (χ4v) is 1.55. The molecule has 0 saturated heterocycles. The van der Waals surface area contributed by atoms with Crippen molar-refractivity contribution in [2.24, 2.45) is 0 Å². The van der Waals surface area contributed by atoms with E-state index >= 15 is 0 Å². The highest BCUT2D eigenvalue weighted by Crippen LogP contribution is 2.29. The van der Waals surface area contributed by atoms with Crippen LogP contribution < -0.4 is 10.5 Å². The second-order valence-electron chi connectivity index (χ2n) is 3.42. The predicted molar refractivity (Wildman–Crippen MR) is 67.1 cm³/mol. The maximum Gasteiger partial charge on any atom is 0.150 e. The van der Waals surface area contributed by atoms with E-state index < -0.39 is 0 Å². The van der Waals surface area contributed by atoms with Crippen LogP contribution in [0.5, 0.6) is 11.5 Å². The van der Waals surface area contributed by atoms with E-state index in [1.165, 1.54) is 0 Å². The number of benzene rings is 2. The van der Waals surface area contributed by atoms with Crippen LogP contribution >= 0.6 is 11.6 Å². The van der Waals surface area contributed by atoms with Crippen LogP contribution in [0.3, 0.4) is 0 Å². The lowest BCUT2D eigenvalue weighted by atomic mass is 10.2. The van der Waals surface area contributed by atoms with Crippen molar-refractivity contribution in [3.63, 3.8) is 0 Å². The molecule has 0 fully saturated rings. The molecule has 0 aliphatic rings. The van der Waals surface area contributed by atoms with Gasteiger partial charge in [-0.15, -0.1) is 0 Å². The standard InChI is InChI=1S/C13H9ClN2O/c14-10-2-1-3-11(7-10)17-13-5-4-9(8-15)6-12(13)16/h1-7H,16H2. The van der Waals surface area contributed by atoms with Gasteiger partial charge in [0.2, 0.25) is 0 Å². The normalized spacial score (nSPS) is 9.65. The zero-order valence-electron chi connectivity index (χ0n) is 8.85. The minimum absolute atomic E-state index is 0.420. The number of nitrogen functional groups attached to an aromatic ring is 1. The zero-order chi connectivity index (χ0) is 12.3. The first kappa shape index (κ1) is 11.3. The van der Waals surface area contributed by atoms with Crippen LogP contribution in [-0.2, 0) is 0 Å². The summed E-state index contributed by atoms with van der Waals surface area (Å²) in [7, 11) is 0. The quantitative estimate of drug-likeness (QED) is 0.822. The molecule has 84 valence electrons. The van der Waals surface area contributed by atoms with Crippen molar-refractivity contribution >= 4 is 17.3 Å². The van der Waals surface area contributed by atoms with Crippen molar-refractivity contribution in [1.29, 1.82) is 5.26 Å². The SMILES string of the molecule is N#Cc1ccc(Oc2cccc(Cl)c2)c(N)c1. The lowest BCUT2D eigenvalue weighted by Gasteiger charge is -2.08.